The largest absolute Gasteiger partial charge is 0.399 e. The minimum absolute atomic E-state index is 0.194. The third kappa shape index (κ3) is 3.56. The van der Waals surface area contributed by atoms with Crippen molar-refractivity contribution >= 4 is 33.1 Å². The monoisotopic (exact) mass is 430 g/mol. The molecule has 3 aromatic carbocycles. The Hall–Kier alpha value is -3.19. The van der Waals surface area contributed by atoms with Gasteiger partial charge in [-0.3, -0.25) is 0 Å². The zero-order valence-corrected chi connectivity index (χ0v) is 18.0. The molecule has 32 heavy (non-hydrogen) atoms. The summed E-state index contributed by atoms with van der Waals surface area (Å²) >= 11 is 0. The second-order valence-electron chi connectivity index (χ2n) is 8.29. The summed E-state index contributed by atoms with van der Waals surface area (Å²) in [5.41, 5.74) is 11.2. The maximum absolute atomic E-state index is 10.1. The lowest BCUT2D eigenvalue weighted by molar-refractivity contribution is -0.655. The standard InChI is InChI=1S/C26H27N3O3/c1-2-29-22-12-17(27)8-10-20(22)19-11-9-18(28-25-14-23(31)24(15-30)32-25)13-21(19)26(29)16-6-4-3-5-7-16/h3-13,23-25,27-28,30-31H,2,14-15H2,1H3/p+1/t23-,24+,25?/m0/s1. The van der Waals surface area contributed by atoms with Crippen LogP contribution in [0.15, 0.2) is 66.7 Å². The SMILES string of the molecule is CC[n+]1c(-c2ccccc2)c2cc(NC3C[C@H](O)[C@@H](CO)O3)ccc2c2ccc(N)cc21. The van der Waals surface area contributed by atoms with Crippen LogP contribution in [0.3, 0.4) is 0 Å². The van der Waals surface area contributed by atoms with Gasteiger partial charge in [-0.25, -0.2) is 0 Å². The van der Waals surface area contributed by atoms with Crippen molar-refractivity contribution < 1.29 is 19.5 Å². The van der Waals surface area contributed by atoms with Crippen molar-refractivity contribution in [3.8, 4) is 11.3 Å². The van der Waals surface area contributed by atoms with Crippen LogP contribution in [0.5, 0.6) is 0 Å². The van der Waals surface area contributed by atoms with Crippen LogP contribution in [0.1, 0.15) is 13.3 Å². The van der Waals surface area contributed by atoms with Crippen molar-refractivity contribution in [1.82, 2.24) is 0 Å². The lowest BCUT2D eigenvalue weighted by atomic mass is 9.98. The number of nitrogens with one attached hydrogen (secondary N) is 1. The number of hydrogen-bond acceptors (Lipinski definition) is 5. The molecule has 0 amide bonds. The predicted octanol–water partition coefficient (Wildman–Crippen LogP) is 3.43. The van der Waals surface area contributed by atoms with Gasteiger partial charge in [-0.05, 0) is 43.3 Å². The van der Waals surface area contributed by atoms with E-state index >= 15 is 0 Å². The highest BCUT2D eigenvalue weighted by molar-refractivity contribution is 6.10. The molecule has 1 saturated heterocycles. The van der Waals surface area contributed by atoms with E-state index in [0.29, 0.717) is 6.42 Å². The molecule has 164 valence electrons. The van der Waals surface area contributed by atoms with Gasteiger partial charge in [0.05, 0.1) is 23.5 Å². The molecule has 5 rings (SSSR count). The summed E-state index contributed by atoms with van der Waals surface area (Å²) in [6, 6.07) is 22.7. The summed E-state index contributed by atoms with van der Waals surface area (Å²) in [7, 11) is 0. The zero-order chi connectivity index (χ0) is 22.2. The van der Waals surface area contributed by atoms with Crippen LogP contribution in [0.25, 0.3) is 32.9 Å². The van der Waals surface area contributed by atoms with Crippen LogP contribution in [-0.4, -0.2) is 35.3 Å². The summed E-state index contributed by atoms with van der Waals surface area (Å²) in [5, 5.41) is 26.2. The minimum atomic E-state index is -0.672. The summed E-state index contributed by atoms with van der Waals surface area (Å²) < 4.78 is 8.06. The van der Waals surface area contributed by atoms with Gasteiger partial charge < -0.3 is 26.0 Å². The Morgan fingerprint density at radius 3 is 2.53 bits per heavy atom. The van der Waals surface area contributed by atoms with Crippen LogP contribution < -0.4 is 15.6 Å². The molecule has 4 aromatic rings. The number of aryl methyl sites for hydroxylation is 1. The summed E-state index contributed by atoms with van der Waals surface area (Å²) in [6.45, 7) is 2.75. The second kappa shape index (κ2) is 8.39. The van der Waals surface area contributed by atoms with E-state index in [0.717, 1.165) is 50.9 Å². The Morgan fingerprint density at radius 2 is 1.81 bits per heavy atom. The molecule has 0 saturated carbocycles. The average molecular weight is 431 g/mol. The van der Waals surface area contributed by atoms with E-state index in [1.165, 1.54) is 0 Å². The molecule has 1 aliphatic heterocycles. The molecule has 2 heterocycles. The van der Waals surface area contributed by atoms with E-state index in [1.54, 1.807) is 0 Å². The first-order chi connectivity index (χ1) is 15.6. The maximum Gasteiger partial charge on any atom is 0.220 e. The quantitative estimate of drug-likeness (QED) is 0.221. The van der Waals surface area contributed by atoms with Gasteiger partial charge in [-0.15, -0.1) is 0 Å². The van der Waals surface area contributed by atoms with Gasteiger partial charge in [0.25, 0.3) is 0 Å². The Kier molecular flexibility index (Phi) is 5.43. The molecule has 0 spiro atoms. The molecule has 3 atom stereocenters. The summed E-state index contributed by atoms with van der Waals surface area (Å²) in [5.74, 6) is 0. The van der Waals surface area contributed by atoms with Crippen LogP contribution in [-0.2, 0) is 11.3 Å². The Balaban J connectivity index is 1.70. The first kappa shape index (κ1) is 20.7. The molecule has 0 bridgehead atoms. The zero-order valence-electron chi connectivity index (χ0n) is 18.0. The van der Waals surface area contributed by atoms with Crippen LogP contribution >= 0.6 is 0 Å². The molecule has 1 aliphatic rings. The number of aromatic nitrogens is 1. The number of anilines is 2. The Morgan fingerprint density at radius 1 is 1.03 bits per heavy atom. The maximum atomic E-state index is 10.1. The minimum Gasteiger partial charge on any atom is -0.399 e. The third-order valence-corrected chi connectivity index (χ3v) is 6.24. The van der Waals surface area contributed by atoms with Crippen LogP contribution in [0, 0.1) is 0 Å². The molecule has 5 N–H and O–H groups in total. The number of rotatable bonds is 5. The normalized spacial score (nSPS) is 20.8. The molecule has 1 fully saturated rings. The summed E-state index contributed by atoms with van der Waals surface area (Å²) in [4.78, 5) is 0. The van der Waals surface area contributed by atoms with E-state index in [1.807, 2.05) is 24.3 Å². The number of aliphatic hydroxyl groups is 2. The van der Waals surface area contributed by atoms with Crippen molar-refractivity contribution in [2.24, 2.45) is 0 Å². The number of nitrogens with two attached hydrogens (primary N) is 1. The van der Waals surface area contributed by atoms with Gasteiger partial charge in [0, 0.05) is 34.8 Å². The third-order valence-electron chi connectivity index (χ3n) is 6.24. The van der Waals surface area contributed by atoms with Gasteiger partial charge >= 0.3 is 0 Å². The highest BCUT2D eigenvalue weighted by Gasteiger charge is 2.33. The fourth-order valence-corrected chi connectivity index (χ4v) is 4.74. The van der Waals surface area contributed by atoms with Crippen molar-refractivity contribution in [2.75, 3.05) is 17.7 Å². The first-order valence-corrected chi connectivity index (χ1v) is 11.0. The van der Waals surface area contributed by atoms with E-state index in [4.69, 9.17) is 10.5 Å². The van der Waals surface area contributed by atoms with Gasteiger partial charge in [0.2, 0.25) is 11.2 Å². The molecular formula is C26H28N3O3+. The molecule has 6 heteroatoms. The average Bonchev–Trinajstić information content (AvgIpc) is 3.17. The van der Waals surface area contributed by atoms with Crippen molar-refractivity contribution in [1.29, 1.82) is 0 Å². The smallest absolute Gasteiger partial charge is 0.220 e. The topological polar surface area (TPSA) is 91.6 Å². The molecule has 0 radical (unpaired) electrons. The number of aliphatic hydroxyl groups excluding tert-OH is 2. The number of benzene rings is 3. The second-order valence-corrected chi connectivity index (χ2v) is 8.29. The number of pyridine rings is 1. The van der Waals surface area contributed by atoms with Crippen LogP contribution in [0.2, 0.25) is 0 Å². The fourth-order valence-electron chi connectivity index (χ4n) is 4.74. The van der Waals surface area contributed by atoms with Gasteiger partial charge in [-0.2, -0.15) is 4.57 Å². The van der Waals surface area contributed by atoms with E-state index < -0.39 is 12.2 Å². The lowest BCUT2D eigenvalue weighted by Gasteiger charge is -2.17. The number of nitrogen functional groups attached to an aromatic ring is 1. The van der Waals surface area contributed by atoms with Gasteiger partial charge in [-0.1, -0.05) is 24.3 Å². The molecule has 6 nitrogen and oxygen atoms in total. The van der Waals surface area contributed by atoms with E-state index in [9.17, 15) is 10.2 Å². The predicted molar refractivity (Wildman–Crippen MR) is 127 cm³/mol. The summed E-state index contributed by atoms with van der Waals surface area (Å²) in [6.07, 6.45) is -1.14. The number of fused-ring (bicyclic) bond motifs is 3. The number of ether oxygens (including phenoxy) is 1. The van der Waals surface area contributed by atoms with E-state index in [-0.39, 0.29) is 12.8 Å². The first-order valence-electron chi connectivity index (χ1n) is 11.0. The van der Waals surface area contributed by atoms with Crippen LogP contribution in [0.4, 0.5) is 11.4 Å². The molecule has 1 aromatic heterocycles. The highest BCUT2D eigenvalue weighted by atomic mass is 16.5. The molecule has 1 unspecified atom stereocenters. The Labute approximate surface area is 186 Å². The highest BCUT2D eigenvalue weighted by Crippen LogP contribution is 2.34. The molecular weight excluding hydrogens is 402 g/mol. The molecule has 0 aliphatic carbocycles. The lowest BCUT2D eigenvalue weighted by Crippen LogP contribution is -2.36. The van der Waals surface area contributed by atoms with Crippen molar-refractivity contribution in [3.63, 3.8) is 0 Å². The van der Waals surface area contributed by atoms with E-state index in [2.05, 4.69) is 59.3 Å². The number of hydrogen-bond donors (Lipinski definition) is 4. The Bertz CT molecular complexity index is 1280. The fraction of sp³-hybridized carbons (Fsp3) is 0.269. The van der Waals surface area contributed by atoms with Gasteiger partial charge in [0.15, 0.2) is 0 Å². The number of nitrogens with zero attached hydrogens (tertiary/aromatic N) is 1. The van der Waals surface area contributed by atoms with Crippen molar-refractivity contribution in [3.05, 3.63) is 66.7 Å². The van der Waals surface area contributed by atoms with Crippen molar-refractivity contribution in [2.45, 2.75) is 38.3 Å². The van der Waals surface area contributed by atoms with Gasteiger partial charge in [0.1, 0.15) is 18.9 Å².